The monoisotopic (exact) mass is 483 g/mol. The van der Waals surface area contributed by atoms with E-state index in [9.17, 15) is 18.0 Å². The van der Waals surface area contributed by atoms with Crippen LogP contribution in [0.4, 0.5) is 13.2 Å². The molecule has 2 heterocycles. The van der Waals surface area contributed by atoms with Crippen LogP contribution in [0.15, 0.2) is 43.4 Å². The van der Waals surface area contributed by atoms with E-state index in [0.717, 1.165) is 18.6 Å². The van der Waals surface area contributed by atoms with E-state index in [1.807, 2.05) is 0 Å². The number of halogens is 4. The largest absolute Gasteiger partial charge is 0.451 e. The summed E-state index contributed by atoms with van der Waals surface area (Å²) in [5.74, 6) is -4.19. The van der Waals surface area contributed by atoms with Crippen LogP contribution in [0.25, 0.3) is 0 Å². The molecule has 0 fully saturated rings. The maximum Gasteiger partial charge on any atom is 0.307 e. The summed E-state index contributed by atoms with van der Waals surface area (Å²) in [5, 5.41) is 4.31. The molecule has 0 radical (unpaired) electrons. The maximum atomic E-state index is 15.0. The molecule has 0 aliphatic heterocycles. The van der Waals surface area contributed by atoms with E-state index in [0.29, 0.717) is 11.4 Å². The van der Waals surface area contributed by atoms with Crippen molar-refractivity contribution in [2.24, 2.45) is 0 Å². The molecule has 3 aromatic rings. The molecule has 7 nitrogen and oxygen atoms in total. The number of esters is 1. The molecule has 158 valence electrons. The molecule has 2 atom stereocenters. The number of hydrogen-bond donors (Lipinski definition) is 0. The van der Waals surface area contributed by atoms with Crippen molar-refractivity contribution >= 4 is 21.9 Å². The molecule has 0 saturated carbocycles. The molecule has 0 spiro atoms. The molecule has 30 heavy (non-hydrogen) atoms. The number of nitrogens with zero attached hydrogens (tertiary/aromatic N) is 5. The Bertz CT molecular complexity index is 1020. The van der Waals surface area contributed by atoms with Crippen molar-refractivity contribution in [2.75, 3.05) is 5.33 Å². The second-order valence-electron chi connectivity index (χ2n) is 6.50. The molecule has 2 aromatic heterocycles. The van der Waals surface area contributed by atoms with Crippen molar-refractivity contribution in [3.05, 3.63) is 72.1 Å². The third-order valence-corrected chi connectivity index (χ3v) is 5.05. The highest BCUT2D eigenvalue weighted by Gasteiger charge is 2.47. The average Bonchev–Trinajstić information content (AvgIpc) is 3.20. The normalized spacial score (nSPS) is 14.2. The molecule has 3 rings (SSSR count). The number of benzene rings is 1. The van der Waals surface area contributed by atoms with Gasteiger partial charge >= 0.3 is 5.97 Å². The summed E-state index contributed by atoms with van der Waals surface area (Å²) in [6, 6.07) is 2.88. The van der Waals surface area contributed by atoms with E-state index < -0.39 is 34.9 Å². The predicted molar refractivity (Wildman–Crippen MR) is 103 cm³/mol. The Kier molecular flexibility index (Phi) is 6.80. The Morgan fingerprint density at radius 1 is 1.23 bits per heavy atom. The number of aromatic nitrogens is 5. The van der Waals surface area contributed by atoms with Crippen molar-refractivity contribution in [2.45, 2.75) is 31.4 Å². The lowest BCUT2D eigenvalue weighted by Crippen LogP contribution is -2.43. The van der Waals surface area contributed by atoms with Gasteiger partial charge in [0.1, 0.15) is 30.6 Å². The van der Waals surface area contributed by atoms with Crippen LogP contribution in [-0.2, 0) is 21.7 Å². The maximum absolute atomic E-state index is 15.0. The smallest absolute Gasteiger partial charge is 0.307 e. The first-order valence-corrected chi connectivity index (χ1v) is 10.0. The number of rotatable bonds is 8. The molecular weight excluding hydrogens is 467 g/mol. The fourth-order valence-corrected chi connectivity index (χ4v) is 3.54. The topological polar surface area (TPSA) is 82.8 Å². The highest BCUT2D eigenvalue weighted by molar-refractivity contribution is 9.09. The molecule has 0 amide bonds. The highest BCUT2D eigenvalue weighted by atomic mass is 79.9. The molecule has 0 bridgehead atoms. The summed E-state index contributed by atoms with van der Waals surface area (Å²) in [7, 11) is 0. The van der Waals surface area contributed by atoms with Crippen LogP contribution in [0.3, 0.4) is 0 Å². The highest BCUT2D eigenvalue weighted by Crippen LogP contribution is 2.43. The lowest BCUT2D eigenvalue weighted by atomic mass is 9.79. The number of carbonyl (C=O) groups excluding carboxylic acids is 1. The van der Waals surface area contributed by atoms with Crippen LogP contribution < -0.4 is 0 Å². The minimum atomic E-state index is -1.81. The Labute approximate surface area is 178 Å². The fraction of sp³-hybridized carbons (Fsp3) is 0.316. The van der Waals surface area contributed by atoms with Crippen LogP contribution in [0.5, 0.6) is 0 Å². The number of hydrogen-bond acceptors (Lipinski definition) is 6. The summed E-state index contributed by atoms with van der Waals surface area (Å²) in [6.07, 6.45) is 4.66. The van der Waals surface area contributed by atoms with Gasteiger partial charge in [0.25, 0.3) is 0 Å². The molecule has 1 unspecified atom stereocenters. The SMILES string of the molecule is CC(c1ncncc1F)[C@@](Cn1cncn1)(OC(=O)CCBr)c1ccc(F)cc1F. The van der Waals surface area contributed by atoms with Crippen LogP contribution in [0, 0.1) is 17.5 Å². The van der Waals surface area contributed by atoms with Crippen molar-refractivity contribution in [1.29, 1.82) is 0 Å². The summed E-state index contributed by atoms with van der Waals surface area (Å²) in [6.45, 7) is 1.32. The molecule has 11 heteroatoms. The summed E-state index contributed by atoms with van der Waals surface area (Å²) in [5.41, 5.74) is -2.05. The first kappa shape index (κ1) is 21.9. The minimum absolute atomic E-state index is 0.0269. The van der Waals surface area contributed by atoms with Gasteiger partial charge in [-0.1, -0.05) is 22.9 Å². The summed E-state index contributed by atoms with van der Waals surface area (Å²) >= 11 is 3.16. The Hall–Kier alpha value is -2.82. The van der Waals surface area contributed by atoms with Crippen molar-refractivity contribution in [3.8, 4) is 0 Å². The predicted octanol–water partition coefficient (Wildman–Crippen LogP) is 3.51. The molecule has 0 saturated heterocycles. The van der Waals surface area contributed by atoms with E-state index in [2.05, 4.69) is 36.0 Å². The Morgan fingerprint density at radius 3 is 2.67 bits per heavy atom. The molecular formula is C19H17BrF3N5O2. The zero-order valence-electron chi connectivity index (χ0n) is 15.8. The van der Waals surface area contributed by atoms with Gasteiger partial charge in [0.2, 0.25) is 0 Å². The van der Waals surface area contributed by atoms with Crippen LogP contribution in [0.2, 0.25) is 0 Å². The van der Waals surface area contributed by atoms with Gasteiger partial charge in [-0.15, -0.1) is 0 Å². The molecule has 1 aromatic carbocycles. The summed E-state index contributed by atoms with van der Waals surface area (Å²) < 4.78 is 50.3. The zero-order valence-corrected chi connectivity index (χ0v) is 17.4. The minimum Gasteiger partial charge on any atom is -0.451 e. The van der Waals surface area contributed by atoms with Gasteiger partial charge in [0, 0.05) is 22.9 Å². The number of carbonyl (C=O) groups is 1. The molecule has 0 aliphatic carbocycles. The van der Waals surface area contributed by atoms with E-state index in [-0.39, 0.29) is 24.2 Å². The van der Waals surface area contributed by atoms with Crippen molar-refractivity contribution in [1.82, 2.24) is 24.7 Å². The number of alkyl halides is 1. The van der Waals surface area contributed by atoms with Crippen LogP contribution >= 0.6 is 15.9 Å². The van der Waals surface area contributed by atoms with E-state index >= 15 is 0 Å². The Morgan fingerprint density at radius 2 is 2.03 bits per heavy atom. The van der Waals surface area contributed by atoms with Gasteiger partial charge in [-0.3, -0.25) is 4.79 Å². The van der Waals surface area contributed by atoms with Gasteiger partial charge in [0.15, 0.2) is 11.4 Å². The quantitative estimate of drug-likeness (QED) is 0.360. The van der Waals surface area contributed by atoms with Crippen molar-refractivity contribution in [3.63, 3.8) is 0 Å². The van der Waals surface area contributed by atoms with Gasteiger partial charge in [-0.05, 0) is 12.1 Å². The van der Waals surface area contributed by atoms with Gasteiger partial charge < -0.3 is 4.74 Å². The fourth-order valence-electron chi connectivity index (χ4n) is 3.21. The Balaban J connectivity index is 2.24. The van der Waals surface area contributed by atoms with Crippen molar-refractivity contribution < 1.29 is 22.7 Å². The van der Waals surface area contributed by atoms with E-state index in [1.54, 1.807) is 0 Å². The first-order chi connectivity index (χ1) is 14.4. The van der Waals surface area contributed by atoms with Gasteiger partial charge in [-0.25, -0.2) is 32.8 Å². The third kappa shape index (κ3) is 4.50. The van der Waals surface area contributed by atoms with Crippen LogP contribution in [-0.4, -0.2) is 36.0 Å². The standard InChI is InChI=1S/C19H17BrF3N5O2/c1-12(18-16(23)7-24-9-26-18)19(30-17(29)4-5-20,8-28-11-25-10-27-28)14-3-2-13(21)6-15(14)22/h2-3,6-7,9-12H,4-5,8H2,1H3/t12?,19-/m1/s1. The molecule has 0 aliphatic rings. The summed E-state index contributed by atoms with van der Waals surface area (Å²) in [4.78, 5) is 24.0. The zero-order chi connectivity index (χ0) is 21.7. The average molecular weight is 484 g/mol. The first-order valence-electron chi connectivity index (χ1n) is 8.88. The van der Waals surface area contributed by atoms with E-state index in [4.69, 9.17) is 4.74 Å². The number of ether oxygens (including phenoxy) is 1. The second-order valence-corrected chi connectivity index (χ2v) is 7.29. The second kappa shape index (κ2) is 9.33. The van der Waals surface area contributed by atoms with Crippen LogP contribution in [0.1, 0.15) is 30.5 Å². The third-order valence-electron chi connectivity index (χ3n) is 4.65. The van der Waals surface area contributed by atoms with Gasteiger partial charge in [-0.2, -0.15) is 5.10 Å². The molecule has 0 N–H and O–H groups in total. The lowest BCUT2D eigenvalue weighted by molar-refractivity contribution is -0.166. The van der Waals surface area contributed by atoms with Gasteiger partial charge in [0.05, 0.1) is 24.9 Å². The lowest BCUT2D eigenvalue weighted by Gasteiger charge is -2.38. The van der Waals surface area contributed by atoms with E-state index in [1.165, 1.54) is 30.3 Å².